The minimum absolute atomic E-state index is 0.0564. The summed E-state index contributed by atoms with van der Waals surface area (Å²) < 4.78 is 1.97. The maximum atomic E-state index is 13.5. The third kappa shape index (κ3) is 4.43. The Bertz CT molecular complexity index is 1140. The van der Waals surface area contributed by atoms with Crippen LogP contribution in [0.3, 0.4) is 0 Å². The summed E-state index contributed by atoms with van der Waals surface area (Å²) in [4.78, 5) is 13.5. The molecule has 0 bridgehead atoms. The molecule has 0 aliphatic carbocycles. The zero-order valence-electron chi connectivity index (χ0n) is 18.2. The summed E-state index contributed by atoms with van der Waals surface area (Å²) in [5, 5.41) is 7.88. The summed E-state index contributed by atoms with van der Waals surface area (Å²) in [5.74, 6) is -0.444. The van der Waals surface area contributed by atoms with Gasteiger partial charge in [-0.25, -0.2) is 0 Å². The van der Waals surface area contributed by atoms with E-state index >= 15 is 0 Å². The van der Waals surface area contributed by atoms with Gasteiger partial charge in [0.15, 0.2) is 0 Å². The van der Waals surface area contributed by atoms with Crippen molar-refractivity contribution in [1.29, 1.82) is 0 Å². The second-order valence-electron chi connectivity index (χ2n) is 7.87. The van der Waals surface area contributed by atoms with Gasteiger partial charge in [0.25, 0.3) is 0 Å². The zero-order valence-corrected chi connectivity index (χ0v) is 18.2. The maximum Gasteiger partial charge on any atom is 0.236 e. The summed E-state index contributed by atoms with van der Waals surface area (Å²) in [5.41, 5.74) is 6.94. The van der Waals surface area contributed by atoms with Crippen LogP contribution < -0.4 is 5.32 Å². The molecule has 0 radical (unpaired) electrons. The quantitative estimate of drug-likeness (QED) is 0.449. The lowest BCUT2D eigenvalue weighted by Crippen LogP contribution is -2.23. The first-order chi connectivity index (χ1) is 15.0. The average molecular weight is 410 g/mol. The molecule has 0 atom stereocenters. The van der Waals surface area contributed by atoms with Crippen LogP contribution >= 0.6 is 0 Å². The van der Waals surface area contributed by atoms with Crippen molar-refractivity contribution in [3.05, 3.63) is 119 Å². The Morgan fingerprint density at radius 2 is 1.39 bits per heavy atom. The van der Waals surface area contributed by atoms with Crippen molar-refractivity contribution in [3.8, 4) is 0 Å². The minimum Gasteiger partial charge on any atom is -0.322 e. The number of anilines is 1. The summed E-state index contributed by atoms with van der Waals surface area (Å²) >= 11 is 0. The molecule has 4 heteroatoms. The lowest BCUT2D eigenvalue weighted by molar-refractivity contribution is -0.116. The number of carbonyl (C=O) groups is 1. The molecule has 4 aromatic rings. The van der Waals surface area contributed by atoms with Crippen LogP contribution in [0.5, 0.6) is 0 Å². The van der Waals surface area contributed by atoms with Gasteiger partial charge >= 0.3 is 0 Å². The Labute approximate surface area is 183 Å². The van der Waals surface area contributed by atoms with Crippen molar-refractivity contribution in [2.75, 3.05) is 5.32 Å². The Morgan fingerprint density at radius 1 is 0.839 bits per heavy atom. The number of nitrogens with zero attached hydrogens (tertiary/aromatic N) is 2. The molecule has 4 nitrogen and oxygen atoms in total. The molecule has 0 saturated heterocycles. The topological polar surface area (TPSA) is 46.9 Å². The third-order valence-corrected chi connectivity index (χ3v) is 5.74. The molecule has 0 aliphatic rings. The SMILES string of the molecule is Cc1ccccc1Cn1nc(C)c(NC(=O)C(c2ccccc2)c2ccccc2)c1C. The van der Waals surface area contributed by atoms with Gasteiger partial charge in [0.2, 0.25) is 5.91 Å². The van der Waals surface area contributed by atoms with E-state index in [4.69, 9.17) is 5.10 Å². The molecule has 0 fully saturated rings. The lowest BCUT2D eigenvalue weighted by atomic mass is 9.90. The lowest BCUT2D eigenvalue weighted by Gasteiger charge is -2.18. The molecule has 1 amide bonds. The first-order valence-electron chi connectivity index (χ1n) is 10.5. The highest BCUT2D eigenvalue weighted by Crippen LogP contribution is 2.28. The number of rotatable bonds is 6. The molecule has 31 heavy (non-hydrogen) atoms. The number of hydrogen-bond acceptors (Lipinski definition) is 2. The molecule has 1 N–H and O–H groups in total. The predicted octanol–water partition coefficient (Wildman–Crippen LogP) is 5.63. The first kappa shape index (κ1) is 20.6. The number of hydrogen-bond donors (Lipinski definition) is 1. The molecule has 0 aliphatic heterocycles. The van der Waals surface area contributed by atoms with E-state index < -0.39 is 0 Å². The van der Waals surface area contributed by atoms with Gasteiger partial charge in [-0.15, -0.1) is 0 Å². The summed E-state index contributed by atoms with van der Waals surface area (Å²) in [6.07, 6.45) is 0. The van der Waals surface area contributed by atoms with Crippen LogP contribution in [0.15, 0.2) is 84.9 Å². The molecule has 3 aromatic carbocycles. The van der Waals surface area contributed by atoms with Crippen molar-refractivity contribution >= 4 is 11.6 Å². The van der Waals surface area contributed by atoms with Crippen molar-refractivity contribution in [3.63, 3.8) is 0 Å². The van der Waals surface area contributed by atoms with E-state index in [2.05, 4.69) is 24.4 Å². The standard InChI is InChI=1S/C27H27N3O/c1-19-12-10-11-17-24(19)18-30-21(3)26(20(2)29-30)28-27(31)25(22-13-6-4-7-14-22)23-15-8-5-9-16-23/h4-17,25H,18H2,1-3H3,(H,28,31). The normalized spacial score (nSPS) is 11.0. The molecule has 1 heterocycles. The zero-order chi connectivity index (χ0) is 21.8. The number of aromatic nitrogens is 2. The highest BCUT2D eigenvalue weighted by molar-refractivity contribution is 5.99. The monoisotopic (exact) mass is 409 g/mol. The van der Waals surface area contributed by atoms with E-state index in [9.17, 15) is 4.79 Å². The van der Waals surface area contributed by atoms with Crippen molar-refractivity contribution < 1.29 is 4.79 Å². The van der Waals surface area contributed by atoms with Gasteiger partial charge in [-0.3, -0.25) is 9.48 Å². The molecule has 0 unspecified atom stereocenters. The van der Waals surface area contributed by atoms with Gasteiger partial charge in [-0.2, -0.15) is 5.10 Å². The smallest absolute Gasteiger partial charge is 0.236 e. The van der Waals surface area contributed by atoms with E-state index in [1.807, 2.05) is 91.3 Å². The second kappa shape index (κ2) is 9.00. The van der Waals surface area contributed by atoms with Crippen LogP contribution in [0.2, 0.25) is 0 Å². The summed E-state index contributed by atoms with van der Waals surface area (Å²) in [6.45, 7) is 6.73. The largest absolute Gasteiger partial charge is 0.322 e. The van der Waals surface area contributed by atoms with Crippen LogP contribution in [0, 0.1) is 20.8 Å². The Morgan fingerprint density at radius 3 is 1.97 bits per heavy atom. The molecule has 1 aromatic heterocycles. The second-order valence-corrected chi connectivity index (χ2v) is 7.87. The van der Waals surface area contributed by atoms with Gasteiger partial charge in [-0.1, -0.05) is 84.9 Å². The van der Waals surface area contributed by atoms with Crippen LogP contribution in [-0.4, -0.2) is 15.7 Å². The summed E-state index contributed by atoms with van der Waals surface area (Å²) in [6, 6.07) is 28.1. The van der Waals surface area contributed by atoms with E-state index in [0.717, 1.165) is 28.2 Å². The Hall–Kier alpha value is -3.66. The molecule has 4 rings (SSSR count). The van der Waals surface area contributed by atoms with E-state index in [1.54, 1.807) is 0 Å². The Kier molecular flexibility index (Phi) is 5.99. The number of benzene rings is 3. The molecular weight excluding hydrogens is 382 g/mol. The highest BCUT2D eigenvalue weighted by atomic mass is 16.1. The molecular formula is C27H27N3O. The van der Waals surface area contributed by atoms with Crippen LogP contribution in [0.1, 0.15) is 39.6 Å². The van der Waals surface area contributed by atoms with Gasteiger partial charge in [-0.05, 0) is 43.0 Å². The summed E-state index contributed by atoms with van der Waals surface area (Å²) in [7, 11) is 0. The van der Waals surface area contributed by atoms with E-state index in [0.29, 0.717) is 6.54 Å². The number of aryl methyl sites for hydroxylation is 2. The Balaban J connectivity index is 1.64. The number of amides is 1. The average Bonchev–Trinajstić information content (AvgIpc) is 3.04. The minimum atomic E-state index is -0.388. The van der Waals surface area contributed by atoms with Crippen molar-refractivity contribution in [1.82, 2.24) is 9.78 Å². The van der Waals surface area contributed by atoms with Crippen LogP contribution in [0.25, 0.3) is 0 Å². The fraction of sp³-hybridized carbons (Fsp3) is 0.185. The first-order valence-corrected chi connectivity index (χ1v) is 10.5. The third-order valence-electron chi connectivity index (χ3n) is 5.74. The van der Waals surface area contributed by atoms with Gasteiger partial charge in [0, 0.05) is 0 Å². The fourth-order valence-electron chi connectivity index (χ4n) is 3.96. The van der Waals surface area contributed by atoms with Crippen LogP contribution in [-0.2, 0) is 11.3 Å². The molecule has 0 saturated carbocycles. The van der Waals surface area contributed by atoms with Gasteiger partial charge in [0.1, 0.15) is 0 Å². The van der Waals surface area contributed by atoms with Gasteiger partial charge < -0.3 is 5.32 Å². The highest BCUT2D eigenvalue weighted by Gasteiger charge is 2.25. The maximum absolute atomic E-state index is 13.5. The van der Waals surface area contributed by atoms with E-state index in [1.165, 1.54) is 11.1 Å². The van der Waals surface area contributed by atoms with Crippen molar-refractivity contribution in [2.24, 2.45) is 0 Å². The predicted molar refractivity (Wildman–Crippen MR) is 125 cm³/mol. The fourth-order valence-corrected chi connectivity index (χ4v) is 3.96. The number of carbonyl (C=O) groups excluding carboxylic acids is 1. The van der Waals surface area contributed by atoms with Crippen LogP contribution in [0.4, 0.5) is 5.69 Å². The molecule has 156 valence electrons. The number of nitrogens with one attached hydrogen (secondary N) is 1. The van der Waals surface area contributed by atoms with Crippen molar-refractivity contribution in [2.45, 2.75) is 33.2 Å². The van der Waals surface area contributed by atoms with Gasteiger partial charge in [0.05, 0.1) is 29.5 Å². The molecule has 0 spiro atoms. The van der Waals surface area contributed by atoms with E-state index in [-0.39, 0.29) is 11.8 Å².